The van der Waals surface area contributed by atoms with Gasteiger partial charge >= 0.3 is 0 Å². The van der Waals surface area contributed by atoms with Crippen molar-refractivity contribution >= 4 is 40.7 Å². The third-order valence-electron chi connectivity index (χ3n) is 3.09. The van der Waals surface area contributed by atoms with Gasteiger partial charge < -0.3 is 10.6 Å². The fraction of sp³-hybridized carbons (Fsp3) is 0.0625. The Morgan fingerprint density at radius 1 is 0.913 bits per heavy atom. The molecule has 3 aromatic rings. The maximum Gasteiger partial charge on any atom is 0.225 e. The van der Waals surface area contributed by atoms with Crippen LogP contribution in [0.2, 0.25) is 10.0 Å². The molecule has 0 saturated heterocycles. The normalized spacial score (nSPS) is 10.4. The Balaban J connectivity index is 2.03. The minimum Gasteiger partial charge on any atom is -0.357 e. The zero-order chi connectivity index (χ0) is 16.2. The number of aromatic nitrogens is 3. The molecular weight excluding hydrogens is 333 g/mol. The lowest BCUT2D eigenvalue weighted by molar-refractivity contribution is 1.14. The average Bonchev–Trinajstić information content (AvgIpc) is 2.59. The monoisotopic (exact) mass is 345 g/mol. The second kappa shape index (κ2) is 6.81. The van der Waals surface area contributed by atoms with Crippen molar-refractivity contribution in [1.29, 1.82) is 0 Å². The number of rotatable bonds is 4. The summed E-state index contributed by atoms with van der Waals surface area (Å²) in [7, 11) is 1.75. The summed E-state index contributed by atoms with van der Waals surface area (Å²) in [5.74, 6) is 1.04. The van der Waals surface area contributed by atoms with Gasteiger partial charge in [0, 0.05) is 19.3 Å². The molecule has 2 heterocycles. The maximum absolute atomic E-state index is 6.19. The van der Waals surface area contributed by atoms with E-state index in [1.807, 2.05) is 18.2 Å². The predicted molar refractivity (Wildman–Crippen MR) is 94.6 cm³/mol. The lowest BCUT2D eigenvalue weighted by Gasteiger charge is -2.12. The summed E-state index contributed by atoms with van der Waals surface area (Å²) in [6.45, 7) is 0. The van der Waals surface area contributed by atoms with Crippen molar-refractivity contribution in [3.63, 3.8) is 0 Å². The van der Waals surface area contributed by atoms with E-state index in [2.05, 4.69) is 25.6 Å². The van der Waals surface area contributed by atoms with Gasteiger partial charge in [-0.25, -0.2) is 4.98 Å². The number of halogens is 2. The quantitative estimate of drug-likeness (QED) is 0.721. The summed E-state index contributed by atoms with van der Waals surface area (Å²) in [5, 5.41) is 7.11. The Hall–Kier alpha value is -2.37. The summed E-state index contributed by atoms with van der Waals surface area (Å²) in [4.78, 5) is 13.1. The molecule has 5 nitrogen and oxygen atoms in total. The van der Waals surface area contributed by atoms with Crippen LogP contribution >= 0.6 is 23.2 Å². The van der Waals surface area contributed by atoms with Crippen molar-refractivity contribution < 1.29 is 0 Å². The fourth-order valence-corrected chi connectivity index (χ4v) is 2.51. The molecule has 0 saturated carbocycles. The van der Waals surface area contributed by atoms with Crippen molar-refractivity contribution in [3.05, 3.63) is 58.7 Å². The Morgan fingerprint density at radius 2 is 1.70 bits per heavy atom. The van der Waals surface area contributed by atoms with Crippen molar-refractivity contribution in [1.82, 2.24) is 15.0 Å². The Bertz CT molecular complexity index is 804. The van der Waals surface area contributed by atoms with Gasteiger partial charge in [0.2, 0.25) is 5.95 Å². The van der Waals surface area contributed by atoms with E-state index < -0.39 is 0 Å². The topological polar surface area (TPSA) is 62.7 Å². The number of pyridine rings is 1. The van der Waals surface area contributed by atoms with Gasteiger partial charge in [0.15, 0.2) is 0 Å². The number of hydrogen-bond donors (Lipinski definition) is 2. The third-order valence-corrected chi connectivity index (χ3v) is 3.72. The van der Waals surface area contributed by atoms with Gasteiger partial charge in [-0.05, 0) is 24.3 Å². The van der Waals surface area contributed by atoms with Gasteiger partial charge in [0.05, 0.1) is 27.1 Å². The van der Waals surface area contributed by atoms with E-state index >= 15 is 0 Å². The van der Waals surface area contributed by atoms with Crippen LogP contribution in [0.1, 0.15) is 0 Å². The first-order valence-electron chi connectivity index (χ1n) is 6.86. The number of hydrogen-bond acceptors (Lipinski definition) is 5. The van der Waals surface area contributed by atoms with Gasteiger partial charge in [0.1, 0.15) is 5.82 Å². The SMILES string of the molecule is CNc1nc(Nc2c(Cl)cccc2Cl)cc(-c2ccccn2)n1. The van der Waals surface area contributed by atoms with Gasteiger partial charge in [0.25, 0.3) is 0 Å². The molecule has 0 aliphatic carbocycles. The Kier molecular flexibility index (Phi) is 4.60. The van der Waals surface area contributed by atoms with Crippen LogP contribution in [0.5, 0.6) is 0 Å². The molecule has 3 rings (SSSR count). The summed E-state index contributed by atoms with van der Waals surface area (Å²) in [6, 6.07) is 12.7. The van der Waals surface area contributed by atoms with Crippen LogP contribution in [0, 0.1) is 0 Å². The molecular formula is C16H13Cl2N5. The minimum absolute atomic E-state index is 0.471. The number of anilines is 3. The van der Waals surface area contributed by atoms with Crippen LogP contribution < -0.4 is 10.6 Å². The van der Waals surface area contributed by atoms with Gasteiger partial charge in [-0.15, -0.1) is 0 Å². The molecule has 7 heteroatoms. The number of nitrogens with zero attached hydrogens (tertiary/aromatic N) is 3. The summed E-state index contributed by atoms with van der Waals surface area (Å²) < 4.78 is 0. The maximum atomic E-state index is 6.19. The molecule has 0 spiro atoms. The van der Waals surface area contributed by atoms with Crippen molar-refractivity contribution in [2.45, 2.75) is 0 Å². The zero-order valence-electron chi connectivity index (χ0n) is 12.2. The second-order valence-corrected chi connectivity index (χ2v) is 5.46. The molecule has 0 atom stereocenters. The van der Waals surface area contributed by atoms with E-state index in [0.717, 1.165) is 5.69 Å². The molecule has 116 valence electrons. The zero-order valence-corrected chi connectivity index (χ0v) is 13.7. The average molecular weight is 346 g/mol. The van der Waals surface area contributed by atoms with Crippen LogP contribution in [0.25, 0.3) is 11.4 Å². The summed E-state index contributed by atoms with van der Waals surface area (Å²) in [6.07, 6.45) is 1.72. The van der Waals surface area contributed by atoms with Gasteiger partial charge in [-0.2, -0.15) is 4.98 Å². The fourth-order valence-electron chi connectivity index (χ4n) is 2.01. The molecule has 0 fully saturated rings. The molecule has 0 unspecified atom stereocenters. The summed E-state index contributed by atoms with van der Waals surface area (Å²) >= 11 is 12.4. The standard InChI is InChI=1S/C16H13Cl2N5/c1-19-16-21-13(12-7-2-3-8-20-12)9-14(23-16)22-15-10(17)5-4-6-11(15)18/h2-9H,1H3,(H2,19,21,22,23). The molecule has 0 amide bonds. The first kappa shape index (κ1) is 15.5. The Morgan fingerprint density at radius 3 is 2.35 bits per heavy atom. The molecule has 2 aromatic heterocycles. The van der Waals surface area contributed by atoms with Crippen LogP contribution in [-0.2, 0) is 0 Å². The van der Waals surface area contributed by atoms with E-state index in [0.29, 0.717) is 33.2 Å². The van der Waals surface area contributed by atoms with E-state index in [9.17, 15) is 0 Å². The molecule has 0 aliphatic heterocycles. The lowest BCUT2D eigenvalue weighted by atomic mass is 10.2. The highest BCUT2D eigenvalue weighted by molar-refractivity contribution is 6.39. The molecule has 23 heavy (non-hydrogen) atoms. The molecule has 1 aromatic carbocycles. The van der Waals surface area contributed by atoms with Crippen LogP contribution in [0.4, 0.5) is 17.5 Å². The summed E-state index contributed by atoms with van der Waals surface area (Å²) in [5.41, 5.74) is 2.04. The van der Waals surface area contributed by atoms with Gasteiger partial charge in [-0.3, -0.25) is 4.98 Å². The van der Waals surface area contributed by atoms with Crippen LogP contribution in [-0.4, -0.2) is 22.0 Å². The van der Waals surface area contributed by atoms with Crippen molar-refractivity contribution in [3.8, 4) is 11.4 Å². The first-order valence-corrected chi connectivity index (χ1v) is 7.62. The largest absolute Gasteiger partial charge is 0.357 e. The number of nitrogens with one attached hydrogen (secondary N) is 2. The van der Waals surface area contributed by atoms with E-state index in [-0.39, 0.29) is 0 Å². The van der Waals surface area contributed by atoms with Crippen molar-refractivity contribution in [2.24, 2.45) is 0 Å². The first-order chi connectivity index (χ1) is 11.2. The second-order valence-electron chi connectivity index (χ2n) is 4.65. The lowest BCUT2D eigenvalue weighted by Crippen LogP contribution is -2.03. The van der Waals surface area contributed by atoms with E-state index in [4.69, 9.17) is 23.2 Å². The number of benzene rings is 1. The third kappa shape index (κ3) is 3.52. The Labute approximate surface area is 143 Å². The predicted octanol–water partition coefficient (Wildman–Crippen LogP) is 4.63. The van der Waals surface area contributed by atoms with E-state index in [1.54, 1.807) is 37.5 Å². The van der Waals surface area contributed by atoms with Crippen LogP contribution in [0.15, 0.2) is 48.7 Å². The number of para-hydroxylation sites is 1. The van der Waals surface area contributed by atoms with Crippen LogP contribution in [0.3, 0.4) is 0 Å². The minimum atomic E-state index is 0.471. The smallest absolute Gasteiger partial charge is 0.225 e. The van der Waals surface area contributed by atoms with Gasteiger partial charge in [-0.1, -0.05) is 35.3 Å². The van der Waals surface area contributed by atoms with Crippen molar-refractivity contribution in [2.75, 3.05) is 17.7 Å². The van der Waals surface area contributed by atoms with E-state index in [1.165, 1.54) is 0 Å². The molecule has 2 N–H and O–H groups in total. The molecule has 0 radical (unpaired) electrons. The molecule has 0 bridgehead atoms. The molecule has 0 aliphatic rings. The highest BCUT2D eigenvalue weighted by atomic mass is 35.5. The highest BCUT2D eigenvalue weighted by Crippen LogP contribution is 2.32. The highest BCUT2D eigenvalue weighted by Gasteiger charge is 2.10.